The Bertz CT molecular complexity index is 1390. The molecule has 37 heavy (non-hydrogen) atoms. The third-order valence-corrected chi connectivity index (χ3v) is 8.15. The lowest BCUT2D eigenvalue weighted by Crippen LogP contribution is -2.32. The molecule has 1 saturated heterocycles. The minimum Gasteiger partial charge on any atom is -0.376 e. The molecule has 0 radical (unpaired) electrons. The highest BCUT2D eigenvalue weighted by Gasteiger charge is 2.28. The van der Waals surface area contributed by atoms with Crippen molar-refractivity contribution < 1.29 is 22.3 Å². The van der Waals surface area contributed by atoms with Crippen molar-refractivity contribution in [2.75, 3.05) is 13.2 Å². The van der Waals surface area contributed by atoms with Gasteiger partial charge in [-0.25, -0.2) is 17.8 Å². The van der Waals surface area contributed by atoms with Crippen molar-refractivity contribution in [3.63, 3.8) is 0 Å². The normalized spacial score (nSPS) is 15.6. The van der Waals surface area contributed by atoms with E-state index in [-0.39, 0.29) is 53.1 Å². The van der Waals surface area contributed by atoms with Gasteiger partial charge >= 0.3 is 0 Å². The van der Waals surface area contributed by atoms with Gasteiger partial charge in [0.1, 0.15) is 5.82 Å². The molecule has 2 heterocycles. The Labute approximate surface area is 225 Å². The molecular formula is C26H26Cl2FN3O4S. The number of carbonyl (C=O) groups is 1. The zero-order valence-electron chi connectivity index (χ0n) is 19.9. The van der Waals surface area contributed by atoms with E-state index in [1.54, 1.807) is 22.8 Å². The molecule has 1 amide bonds. The maximum absolute atomic E-state index is 13.4. The van der Waals surface area contributed by atoms with Gasteiger partial charge in [-0.15, -0.1) is 6.58 Å². The van der Waals surface area contributed by atoms with Crippen LogP contribution >= 0.6 is 23.2 Å². The summed E-state index contributed by atoms with van der Waals surface area (Å²) in [4.78, 5) is 19.1. The summed E-state index contributed by atoms with van der Waals surface area (Å²) in [7, 11) is -3.90. The number of amides is 1. The molecule has 0 aliphatic carbocycles. The fourth-order valence-electron chi connectivity index (χ4n) is 4.22. The lowest BCUT2D eigenvalue weighted by atomic mass is 10.2. The molecule has 2 aromatic carbocycles. The van der Waals surface area contributed by atoms with Gasteiger partial charge in [-0.3, -0.25) is 4.79 Å². The van der Waals surface area contributed by atoms with E-state index in [0.717, 1.165) is 12.8 Å². The van der Waals surface area contributed by atoms with Crippen LogP contribution in [0.1, 0.15) is 34.5 Å². The van der Waals surface area contributed by atoms with Gasteiger partial charge in [0.05, 0.1) is 47.4 Å². The molecule has 1 unspecified atom stereocenters. The number of nitrogens with zero attached hydrogens (tertiary/aromatic N) is 3. The van der Waals surface area contributed by atoms with E-state index in [1.807, 2.05) is 0 Å². The van der Waals surface area contributed by atoms with Gasteiger partial charge in [-0.2, -0.15) is 0 Å². The molecule has 1 aliphatic heterocycles. The average Bonchev–Trinajstić information content (AvgIpc) is 3.51. The number of imidazole rings is 1. The monoisotopic (exact) mass is 565 g/mol. The van der Waals surface area contributed by atoms with Crippen LogP contribution in [-0.2, 0) is 33.4 Å². The zero-order chi connectivity index (χ0) is 26.6. The second-order valence-electron chi connectivity index (χ2n) is 8.76. The Balaban J connectivity index is 1.67. The van der Waals surface area contributed by atoms with Crippen molar-refractivity contribution in [1.82, 2.24) is 14.5 Å². The van der Waals surface area contributed by atoms with E-state index in [0.29, 0.717) is 22.9 Å². The molecular weight excluding hydrogens is 540 g/mol. The van der Waals surface area contributed by atoms with Crippen LogP contribution in [0.5, 0.6) is 0 Å². The molecule has 1 atom stereocenters. The number of ether oxygens (including phenoxy) is 1. The van der Waals surface area contributed by atoms with Crippen LogP contribution in [0.2, 0.25) is 10.0 Å². The molecule has 0 bridgehead atoms. The number of hydrogen-bond acceptors (Lipinski definition) is 5. The third-order valence-electron chi connectivity index (χ3n) is 6.01. The first-order valence-electron chi connectivity index (χ1n) is 11.7. The molecule has 0 N–H and O–H groups in total. The molecule has 3 aromatic rings. The van der Waals surface area contributed by atoms with Crippen LogP contribution in [0.3, 0.4) is 0 Å². The van der Waals surface area contributed by atoms with Crippen LogP contribution < -0.4 is 0 Å². The second kappa shape index (κ2) is 11.8. The summed E-state index contributed by atoms with van der Waals surface area (Å²) in [6, 6.07) is 9.92. The van der Waals surface area contributed by atoms with Gasteiger partial charge in [0.2, 0.25) is 15.0 Å². The van der Waals surface area contributed by atoms with E-state index < -0.39 is 15.7 Å². The summed E-state index contributed by atoms with van der Waals surface area (Å²) in [6.45, 7) is 4.87. The largest absolute Gasteiger partial charge is 0.376 e. The van der Waals surface area contributed by atoms with Gasteiger partial charge in [-0.05, 0) is 48.7 Å². The van der Waals surface area contributed by atoms with Crippen molar-refractivity contribution in [3.8, 4) is 0 Å². The van der Waals surface area contributed by atoms with Crippen molar-refractivity contribution >= 4 is 38.9 Å². The third kappa shape index (κ3) is 6.59. The van der Waals surface area contributed by atoms with Crippen LogP contribution in [0.25, 0.3) is 0 Å². The van der Waals surface area contributed by atoms with Crippen LogP contribution in [0, 0.1) is 5.82 Å². The fraction of sp³-hybridized carbons (Fsp3) is 0.308. The molecule has 1 aromatic heterocycles. The second-order valence-corrected chi connectivity index (χ2v) is 11.5. The van der Waals surface area contributed by atoms with E-state index >= 15 is 0 Å². The number of carbonyl (C=O) groups excluding carboxylic acids is 1. The van der Waals surface area contributed by atoms with Gasteiger partial charge < -0.3 is 14.2 Å². The quantitative estimate of drug-likeness (QED) is 0.311. The van der Waals surface area contributed by atoms with Crippen molar-refractivity contribution in [2.24, 2.45) is 0 Å². The standard InChI is InChI=1S/C26H26Cl2FN3O4S/c1-2-11-31(25(33)23-10-7-19(27)13-24(23)28)15-21-14-30-26(32(21)16-22-4-3-12-36-22)37(34,35)17-18-5-8-20(29)9-6-18/h2,5-10,13-14,22H,1,3-4,11-12,15-17H2. The molecule has 0 saturated carbocycles. The predicted molar refractivity (Wildman–Crippen MR) is 140 cm³/mol. The molecule has 1 fully saturated rings. The summed E-state index contributed by atoms with van der Waals surface area (Å²) < 4.78 is 47.5. The smallest absolute Gasteiger partial charge is 0.256 e. The zero-order valence-corrected chi connectivity index (χ0v) is 22.3. The summed E-state index contributed by atoms with van der Waals surface area (Å²) >= 11 is 12.3. The Kier molecular flexibility index (Phi) is 8.69. The van der Waals surface area contributed by atoms with E-state index in [1.165, 1.54) is 41.4 Å². The molecule has 196 valence electrons. The lowest BCUT2D eigenvalue weighted by molar-refractivity contribution is 0.0751. The summed E-state index contributed by atoms with van der Waals surface area (Å²) in [6.07, 6.45) is 4.52. The Morgan fingerprint density at radius 1 is 1.24 bits per heavy atom. The number of rotatable bonds is 10. The first kappa shape index (κ1) is 27.3. The summed E-state index contributed by atoms with van der Waals surface area (Å²) in [5.41, 5.74) is 1.23. The summed E-state index contributed by atoms with van der Waals surface area (Å²) in [5.74, 6) is -1.15. The minimum atomic E-state index is -3.90. The van der Waals surface area contributed by atoms with Gasteiger partial charge in [0.15, 0.2) is 0 Å². The highest BCUT2D eigenvalue weighted by molar-refractivity contribution is 7.90. The van der Waals surface area contributed by atoms with Crippen molar-refractivity contribution in [2.45, 2.75) is 42.9 Å². The SMILES string of the molecule is C=CCN(Cc1cnc(S(=O)(=O)Cc2ccc(F)cc2)n1CC1CCCO1)C(=O)c1ccc(Cl)cc1Cl. The number of halogens is 3. The van der Waals surface area contributed by atoms with Crippen molar-refractivity contribution in [3.05, 3.63) is 94.0 Å². The first-order valence-corrected chi connectivity index (χ1v) is 14.1. The molecule has 4 rings (SSSR count). The molecule has 0 spiro atoms. The fourth-order valence-corrected chi connectivity index (χ4v) is 6.21. The Morgan fingerprint density at radius 2 is 2.00 bits per heavy atom. The number of benzene rings is 2. The van der Waals surface area contributed by atoms with Crippen LogP contribution in [0.4, 0.5) is 4.39 Å². The number of hydrogen-bond donors (Lipinski definition) is 0. The average molecular weight is 566 g/mol. The Morgan fingerprint density at radius 3 is 2.65 bits per heavy atom. The maximum atomic E-state index is 13.4. The Hall–Kier alpha value is -2.72. The maximum Gasteiger partial charge on any atom is 0.256 e. The van der Waals surface area contributed by atoms with E-state index in [4.69, 9.17) is 27.9 Å². The summed E-state index contributed by atoms with van der Waals surface area (Å²) in [5, 5.41) is 0.488. The highest BCUT2D eigenvalue weighted by Crippen LogP contribution is 2.25. The van der Waals surface area contributed by atoms with Crippen molar-refractivity contribution in [1.29, 1.82) is 0 Å². The predicted octanol–water partition coefficient (Wildman–Crippen LogP) is 5.31. The van der Waals surface area contributed by atoms with Crippen LogP contribution in [-0.4, -0.2) is 48.0 Å². The topological polar surface area (TPSA) is 81.5 Å². The van der Waals surface area contributed by atoms with E-state index in [9.17, 15) is 17.6 Å². The van der Waals surface area contributed by atoms with Crippen LogP contribution in [0.15, 0.2) is 66.5 Å². The van der Waals surface area contributed by atoms with Gasteiger partial charge in [0.25, 0.3) is 5.91 Å². The van der Waals surface area contributed by atoms with E-state index in [2.05, 4.69) is 11.6 Å². The lowest BCUT2D eigenvalue weighted by Gasteiger charge is -2.23. The molecule has 1 aliphatic rings. The molecule has 7 nitrogen and oxygen atoms in total. The number of sulfone groups is 1. The van der Waals surface area contributed by atoms with Gasteiger partial charge in [-0.1, -0.05) is 41.4 Å². The highest BCUT2D eigenvalue weighted by atomic mass is 35.5. The number of aromatic nitrogens is 2. The molecule has 11 heteroatoms. The first-order chi connectivity index (χ1) is 17.7. The minimum absolute atomic E-state index is 0.0651. The van der Waals surface area contributed by atoms with Gasteiger partial charge in [0, 0.05) is 18.2 Å².